The summed E-state index contributed by atoms with van der Waals surface area (Å²) in [5, 5.41) is 5.62. The maximum absolute atomic E-state index is 13.6. The number of carbonyl (C=O) groups excluding carboxylic acids is 2. The van der Waals surface area contributed by atoms with Gasteiger partial charge >= 0.3 is 6.03 Å². The van der Waals surface area contributed by atoms with Crippen LogP contribution in [0.5, 0.6) is 0 Å². The van der Waals surface area contributed by atoms with Crippen LogP contribution in [0.3, 0.4) is 0 Å². The highest BCUT2D eigenvalue weighted by Crippen LogP contribution is 2.31. The number of urea groups is 1. The van der Waals surface area contributed by atoms with E-state index in [4.69, 9.17) is 11.6 Å². The minimum absolute atomic E-state index is 0.182. The number of rotatable bonds is 7. The first-order chi connectivity index (χ1) is 18.6. The van der Waals surface area contributed by atoms with Crippen LogP contribution < -0.4 is 15.4 Å². The second-order valence-corrected chi connectivity index (χ2v) is 11.3. The zero-order valence-electron chi connectivity index (χ0n) is 21.5. The minimum atomic E-state index is -4.31. The molecule has 206 valence electrons. The smallest absolute Gasteiger partial charge is 0.328 e. The number of likely N-dealkylation sites (tertiary alicyclic amines) is 1. The Morgan fingerprint density at radius 2 is 1.77 bits per heavy atom. The second kappa shape index (κ2) is 12.0. The highest BCUT2D eigenvalue weighted by Gasteiger charge is 2.28. The van der Waals surface area contributed by atoms with Crippen LogP contribution in [0.1, 0.15) is 47.2 Å². The van der Waals surface area contributed by atoms with E-state index < -0.39 is 21.1 Å². The Bertz CT molecular complexity index is 1480. The second-order valence-electron chi connectivity index (χ2n) is 9.24. The first-order valence-electron chi connectivity index (χ1n) is 12.5. The van der Waals surface area contributed by atoms with Crippen LogP contribution in [0, 0.1) is 12.7 Å². The summed E-state index contributed by atoms with van der Waals surface area (Å²) in [4.78, 5) is 31.2. The number of carbonyl (C=O) groups is 2. The molecule has 1 fully saturated rings. The number of aromatic nitrogens is 1. The molecule has 0 unspecified atom stereocenters. The predicted molar refractivity (Wildman–Crippen MR) is 147 cm³/mol. The summed E-state index contributed by atoms with van der Waals surface area (Å²) < 4.78 is 40.8. The molecule has 0 bridgehead atoms. The average Bonchev–Trinajstić information content (AvgIpc) is 2.90. The van der Waals surface area contributed by atoms with Gasteiger partial charge in [0.05, 0.1) is 11.3 Å². The number of hydrogen-bond acceptors (Lipinski definition) is 6. The topological polar surface area (TPSA) is 120 Å². The number of nitrogens with one attached hydrogen (secondary N) is 3. The van der Waals surface area contributed by atoms with Crippen molar-refractivity contribution >= 4 is 44.9 Å². The Morgan fingerprint density at radius 1 is 1.08 bits per heavy atom. The number of anilines is 2. The maximum atomic E-state index is 13.6. The van der Waals surface area contributed by atoms with Gasteiger partial charge in [-0.1, -0.05) is 23.7 Å². The van der Waals surface area contributed by atoms with Crippen molar-refractivity contribution in [3.63, 3.8) is 0 Å². The number of piperidine rings is 1. The number of nitrogens with zero attached hydrogens (tertiary/aromatic N) is 2. The molecule has 3 aromatic rings. The Labute approximate surface area is 231 Å². The molecule has 0 spiro atoms. The molecule has 1 aromatic heterocycles. The maximum Gasteiger partial charge on any atom is 0.328 e. The van der Waals surface area contributed by atoms with E-state index in [9.17, 15) is 22.4 Å². The van der Waals surface area contributed by atoms with Crippen molar-refractivity contribution in [2.75, 3.05) is 25.0 Å². The molecule has 2 aromatic carbocycles. The van der Waals surface area contributed by atoms with Crippen LogP contribution in [0.2, 0.25) is 5.02 Å². The van der Waals surface area contributed by atoms with E-state index in [2.05, 4.69) is 15.6 Å². The molecule has 0 radical (unpaired) electrons. The number of halogens is 2. The van der Waals surface area contributed by atoms with E-state index >= 15 is 0 Å². The molecule has 2 heterocycles. The molecule has 4 rings (SSSR count). The fourth-order valence-corrected chi connectivity index (χ4v) is 5.57. The third-order valence-electron chi connectivity index (χ3n) is 6.53. The molecule has 1 aliphatic heterocycles. The van der Waals surface area contributed by atoms with Crippen molar-refractivity contribution < 1.29 is 22.4 Å². The summed E-state index contributed by atoms with van der Waals surface area (Å²) in [5.74, 6) is -0.397. The summed E-state index contributed by atoms with van der Waals surface area (Å²) in [6.07, 6.45) is 2.60. The summed E-state index contributed by atoms with van der Waals surface area (Å²) in [6.45, 7) is 4.66. The van der Waals surface area contributed by atoms with Crippen molar-refractivity contribution in [3.8, 4) is 0 Å². The lowest BCUT2D eigenvalue weighted by atomic mass is 9.89. The van der Waals surface area contributed by atoms with Crippen molar-refractivity contribution in [2.45, 2.75) is 37.6 Å². The molecule has 12 heteroatoms. The predicted octanol–water partition coefficient (Wildman–Crippen LogP) is 4.95. The lowest BCUT2D eigenvalue weighted by Gasteiger charge is -2.32. The first kappa shape index (κ1) is 28.3. The van der Waals surface area contributed by atoms with E-state index in [-0.39, 0.29) is 35.4 Å². The average molecular weight is 574 g/mol. The van der Waals surface area contributed by atoms with Gasteiger partial charge in [0.2, 0.25) is 0 Å². The third kappa shape index (κ3) is 6.85. The van der Waals surface area contributed by atoms with Gasteiger partial charge in [-0.25, -0.2) is 18.9 Å². The van der Waals surface area contributed by atoms with E-state index in [0.29, 0.717) is 36.6 Å². The van der Waals surface area contributed by atoms with Crippen molar-refractivity contribution in [1.82, 2.24) is 19.9 Å². The van der Waals surface area contributed by atoms with Crippen molar-refractivity contribution in [1.29, 1.82) is 0 Å². The van der Waals surface area contributed by atoms with Crippen LogP contribution >= 0.6 is 11.6 Å². The lowest BCUT2D eigenvalue weighted by Crippen LogP contribution is -2.40. The summed E-state index contributed by atoms with van der Waals surface area (Å²) >= 11 is 6.08. The zero-order valence-corrected chi connectivity index (χ0v) is 23.1. The van der Waals surface area contributed by atoms with Gasteiger partial charge in [0.25, 0.3) is 15.9 Å². The van der Waals surface area contributed by atoms with Crippen LogP contribution in [0.25, 0.3) is 0 Å². The monoisotopic (exact) mass is 573 g/mol. The van der Waals surface area contributed by atoms with Crippen molar-refractivity contribution in [3.05, 3.63) is 82.3 Å². The van der Waals surface area contributed by atoms with E-state index in [1.54, 1.807) is 42.2 Å². The molecule has 0 saturated carbocycles. The van der Waals surface area contributed by atoms with E-state index in [1.165, 1.54) is 24.4 Å². The lowest BCUT2D eigenvalue weighted by molar-refractivity contribution is 0.0713. The standard InChI is InChI=1S/C27H29ClFN5O4S/c1-3-30-27(36)33-39(37,38)25-15-24(32-23-9-6-20(28)14-17(23)2)22(16-31-25)26(35)34-12-10-19(11-13-34)18-4-7-21(29)8-5-18/h4-9,14-16,19H,3,10-13H2,1-2H3,(H,31,32)(H2,30,33,36). The van der Waals surface area contributed by atoms with E-state index in [1.807, 2.05) is 11.6 Å². The molecular weight excluding hydrogens is 545 g/mol. The fourth-order valence-electron chi connectivity index (χ4n) is 4.46. The molecule has 1 saturated heterocycles. The quantitative estimate of drug-likeness (QED) is 0.368. The number of sulfonamides is 1. The molecule has 1 aliphatic rings. The van der Waals surface area contributed by atoms with Gasteiger partial charge in [0, 0.05) is 42.6 Å². The number of amides is 3. The summed E-state index contributed by atoms with van der Waals surface area (Å²) in [5.41, 5.74) is 2.83. The summed E-state index contributed by atoms with van der Waals surface area (Å²) in [6, 6.07) is 11.9. The minimum Gasteiger partial charge on any atom is -0.355 e. The first-order valence-corrected chi connectivity index (χ1v) is 14.3. The molecule has 3 amide bonds. The Morgan fingerprint density at radius 3 is 2.41 bits per heavy atom. The Balaban J connectivity index is 1.61. The van der Waals surface area contributed by atoms with Gasteiger partial charge in [-0.2, -0.15) is 8.42 Å². The Kier molecular flexibility index (Phi) is 8.71. The molecule has 9 nitrogen and oxygen atoms in total. The third-order valence-corrected chi connectivity index (χ3v) is 7.99. The molecule has 39 heavy (non-hydrogen) atoms. The van der Waals surface area contributed by atoms with Crippen LogP contribution in [-0.4, -0.2) is 49.9 Å². The van der Waals surface area contributed by atoms with Crippen LogP contribution in [0.4, 0.5) is 20.6 Å². The molecule has 0 atom stereocenters. The normalized spacial score (nSPS) is 14.1. The highest BCUT2D eigenvalue weighted by atomic mass is 35.5. The van der Waals surface area contributed by atoms with Crippen molar-refractivity contribution in [2.24, 2.45) is 0 Å². The fraction of sp³-hybridized carbons (Fsp3) is 0.296. The molecule has 0 aliphatic carbocycles. The van der Waals surface area contributed by atoms with Gasteiger partial charge in [0.1, 0.15) is 5.82 Å². The molecule has 3 N–H and O–H groups in total. The van der Waals surface area contributed by atoms with E-state index in [0.717, 1.165) is 11.1 Å². The highest BCUT2D eigenvalue weighted by molar-refractivity contribution is 7.90. The van der Waals surface area contributed by atoms with Gasteiger partial charge in [-0.05, 0) is 74.1 Å². The largest absolute Gasteiger partial charge is 0.355 e. The number of pyridine rings is 1. The SMILES string of the molecule is CCNC(=O)NS(=O)(=O)c1cc(Nc2ccc(Cl)cc2C)c(C(=O)N2CCC(c3ccc(F)cc3)CC2)cn1. The number of aryl methyl sites for hydroxylation is 1. The molecular formula is C27H29ClFN5O4S. The van der Waals surface area contributed by atoms with Gasteiger partial charge in [-0.3, -0.25) is 4.79 Å². The number of hydrogen-bond donors (Lipinski definition) is 3. The van der Waals surface area contributed by atoms with Gasteiger partial charge in [-0.15, -0.1) is 0 Å². The van der Waals surface area contributed by atoms with Crippen LogP contribution in [0.15, 0.2) is 59.8 Å². The summed E-state index contributed by atoms with van der Waals surface area (Å²) in [7, 11) is -4.31. The zero-order chi connectivity index (χ0) is 28.2. The Hall–Kier alpha value is -3.70. The number of benzene rings is 2. The van der Waals surface area contributed by atoms with Gasteiger partial charge < -0.3 is 15.5 Å². The van der Waals surface area contributed by atoms with Gasteiger partial charge in [0.15, 0.2) is 5.03 Å². The van der Waals surface area contributed by atoms with Crippen LogP contribution in [-0.2, 0) is 10.0 Å².